The molecule has 0 aliphatic heterocycles. The van der Waals surface area contributed by atoms with Crippen LogP contribution in [0, 0.1) is 0 Å². The summed E-state index contributed by atoms with van der Waals surface area (Å²) in [7, 11) is -4.82. The van der Waals surface area contributed by atoms with Crippen molar-refractivity contribution in [3.63, 3.8) is 0 Å². The molecule has 0 aliphatic carbocycles. The van der Waals surface area contributed by atoms with Crippen molar-refractivity contribution in [2.24, 2.45) is 0 Å². The third-order valence-electron chi connectivity index (χ3n) is 0.392. The first-order valence-electron chi connectivity index (χ1n) is 2.24. The van der Waals surface area contributed by atoms with Gasteiger partial charge < -0.3 is 14.9 Å². The van der Waals surface area contributed by atoms with Crippen molar-refractivity contribution in [2.75, 3.05) is 0 Å². The number of carboxylic acid groups (broad SMARTS) is 1. The molecule has 0 saturated carbocycles. The van der Waals surface area contributed by atoms with E-state index in [1.54, 1.807) is 0 Å². The van der Waals surface area contributed by atoms with Crippen LogP contribution < -0.4 is 0 Å². The largest absolute Gasteiger partial charge is 0.472 e. The van der Waals surface area contributed by atoms with Gasteiger partial charge >= 0.3 is 25.5 Å². The second kappa shape index (κ2) is 5.68. The second-order valence-corrected chi connectivity index (χ2v) is 2.82. The molecule has 0 radical (unpaired) electrons. The lowest BCUT2D eigenvalue weighted by atomic mass is 11.1. The van der Waals surface area contributed by atoms with Crippen molar-refractivity contribution < 1.29 is 41.8 Å². The monoisotopic (exact) mass is 226 g/mol. The van der Waals surface area contributed by atoms with Crippen LogP contribution in [-0.2, 0) is 4.57 Å². The molecule has 0 rings (SSSR count). The van der Waals surface area contributed by atoms with Crippen LogP contribution >= 0.6 is 7.60 Å². The molecule has 0 saturated heterocycles. The number of carbonyl (C=O) groups is 1. The van der Waals surface area contributed by atoms with E-state index in [0.29, 0.717) is 0 Å². The fourth-order valence-corrected chi connectivity index (χ4v) is 0. The molecule has 0 aliphatic rings. The summed E-state index contributed by atoms with van der Waals surface area (Å²) < 4.78 is 50.6. The molecule has 10 heteroatoms. The highest BCUT2D eigenvalue weighted by atomic mass is 31.2. The van der Waals surface area contributed by atoms with E-state index in [2.05, 4.69) is 0 Å². The first-order chi connectivity index (χ1) is 5.59. The van der Waals surface area contributed by atoms with Gasteiger partial charge in [-0.15, -0.1) is 0 Å². The molecule has 5 nitrogen and oxygen atoms in total. The minimum Gasteiger partial charge on any atom is -0.472 e. The van der Waals surface area contributed by atoms with Crippen LogP contribution in [0.15, 0.2) is 12.2 Å². The molecule has 0 unspecified atom stereocenters. The normalized spacial score (nSPS) is 9.69. The van der Waals surface area contributed by atoms with Gasteiger partial charge in [0.15, 0.2) is 0 Å². The zero-order chi connectivity index (χ0) is 11.2. The van der Waals surface area contributed by atoms with E-state index in [-0.39, 0.29) is 0 Å². The van der Waals surface area contributed by atoms with Crippen molar-refractivity contribution in [1.29, 1.82) is 0 Å². The van der Waals surface area contributed by atoms with Gasteiger partial charge in [0, 0.05) is 0 Å². The van der Waals surface area contributed by atoms with Gasteiger partial charge in [0.2, 0.25) is 0 Å². The Morgan fingerprint density at radius 1 is 1.00 bits per heavy atom. The summed E-state index contributed by atoms with van der Waals surface area (Å²) >= 11 is 0. The Hall–Kier alpha value is -0.920. The zero-order valence-electron chi connectivity index (χ0n) is 5.62. The summed E-state index contributed by atoms with van der Waals surface area (Å²) in [4.78, 5) is 24.5. The Bertz CT molecular complexity index is 239. The van der Waals surface area contributed by atoms with Gasteiger partial charge in [0.05, 0.1) is 0 Å². The van der Waals surface area contributed by atoms with Crippen LogP contribution in [0.1, 0.15) is 0 Å². The lowest BCUT2D eigenvalue weighted by molar-refractivity contribution is 0.208. The fraction of sp³-hybridized carbons (Fsp3) is 0. The van der Waals surface area contributed by atoms with Crippen LogP contribution in [0.2, 0.25) is 0 Å². The summed E-state index contributed by atoms with van der Waals surface area (Å²) in [5, 5.41) is 7.49. The van der Waals surface area contributed by atoms with Gasteiger partial charge in [-0.25, -0.2) is 9.36 Å². The van der Waals surface area contributed by atoms with Crippen molar-refractivity contribution in [2.45, 2.75) is 0 Å². The summed E-state index contributed by atoms with van der Waals surface area (Å²) in [6, 6.07) is 0. The van der Waals surface area contributed by atoms with Crippen LogP contribution in [0.4, 0.5) is 22.4 Å². The van der Waals surface area contributed by atoms with Gasteiger partial charge in [0.25, 0.3) is 0 Å². The van der Waals surface area contributed by atoms with Gasteiger partial charge in [-0.05, 0) is 0 Å². The average molecular weight is 226 g/mol. The Labute approximate surface area is 68.5 Å². The van der Waals surface area contributed by atoms with Crippen molar-refractivity contribution in [1.82, 2.24) is 0 Å². The number of hydrogen-bond donors (Lipinski definition) is 3. The summed E-state index contributed by atoms with van der Waals surface area (Å²) in [5.41, 5.74) is -2.09. The number of halogens is 4. The highest BCUT2D eigenvalue weighted by molar-refractivity contribution is 7.69. The van der Waals surface area contributed by atoms with Crippen molar-refractivity contribution in [3.8, 4) is 0 Å². The Morgan fingerprint density at radius 3 is 1.15 bits per heavy atom. The third-order valence-corrected chi connectivity index (χ3v) is 0.890. The summed E-state index contributed by atoms with van der Waals surface area (Å²) in [5.74, 6) is 0. The number of hydrogen-bond acceptors (Lipinski definition) is 2. The van der Waals surface area contributed by atoms with Gasteiger partial charge in [-0.2, -0.15) is 17.6 Å². The smallest absolute Gasteiger partial charge is 0.433 e. The average Bonchev–Trinajstić information content (AvgIpc) is 1.86. The fourth-order valence-electron chi connectivity index (χ4n) is 0. The molecule has 0 spiro atoms. The molecule has 0 atom stereocenters. The molecule has 3 N–H and O–H groups in total. The maximum absolute atomic E-state index is 10.3. The van der Waals surface area contributed by atoms with E-state index >= 15 is 0 Å². The lowest BCUT2D eigenvalue weighted by Crippen LogP contribution is -1.90. The minimum atomic E-state index is -4.82. The third kappa shape index (κ3) is 11.1. The molecule has 13 heavy (non-hydrogen) atoms. The maximum atomic E-state index is 10.3. The quantitative estimate of drug-likeness (QED) is 0.468. The Balaban J connectivity index is 0. The highest BCUT2D eigenvalue weighted by Crippen LogP contribution is 2.34. The minimum absolute atomic E-state index is 2.09. The lowest BCUT2D eigenvalue weighted by Gasteiger charge is -1.90. The van der Waals surface area contributed by atoms with Gasteiger partial charge in [-0.3, -0.25) is 0 Å². The van der Waals surface area contributed by atoms with E-state index in [0.717, 1.165) is 0 Å². The molecule has 0 bridgehead atoms. The van der Waals surface area contributed by atoms with Gasteiger partial charge in [0.1, 0.15) is 0 Å². The van der Waals surface area contributed by atoms with Crippen LogP contribution in [0.3, 0.4) is 0 Å². The van der Waals surface area contributed by atoms with Crippen LogP contribution in [-0.4, -0.2) is 20.6 Å². The Morgan fingerprint density at radius 2 is 1.15 bits per heavy atom. The van der Waals surface area contributed by atoms with E-state index in [9.17, 15) is 26.9 Å². The van der Waals surface area contributed by atoms with Gasteiger partial charge in [-0.1, -0.05) is 0 Å². The second-order valence-electron chi connectivity index (χ2n) is 1.35. The number of rotatable bonds is 1. The van der Waals surface area contributed by atoms with E-state index < -0.39 is 25.5 Å². The molecule has 78 valence electrons. The summed E-state index contributed by atoms with van der Waals surface area (Å²) in [6.07, 6.45) is -5.81. The molecule has 0 aromatic rings. The maximum Gasteiger partial charge on any atom is 0.433 e. The molecular weight excluding hydrogens is 223 g/mol. The predicted molar refractivity (Wildman–Crippen MR) is 31.5 cm³/mol. The van der Waals surface area contributed by atoms with Crippen molar-refractivity contribution >= 4 is 13.3 Å². The summed E-state index contributed by atoms with van der Waals surface area (Å²) in [6.45, 7) is 0. The van der Waals surface area contributed by atoms with E-state index in [1.807, 2.05) is 0 Å². The predicted octanol–water partition coefficient (Wildman–Crippen LogP) is 1.83. The standard InChI is InChI=1S/C2F4.CH3O5P/c3-1(4)2(5)6;2-1(3)7(4,5)6/h;(H,2,3)(H2,4,5,6). The molecule has 0 aromatic heterocycles. The first kappa shape index (κ1) is 14.6. The van der Waals surface area contributed by atoms with E-state index in [4.69, 9.17) is 14.9 Å². The molecular formula is C3H3F4O5P. The Kier molecular flexibility index (Phi) is 6.38. The first-order valence-corrected chi connectivity index (χ1v) is 3.85. The molecule has 0 heterocycles. The SMILES string of the molecule is FC(F)=C(F)F.O=C(O)P(=O)(O)O. The zero-order valence-corrected chi connectivity index (χ0v) is 6.51. The van der Waals surface area contributed by atoms with Crippen LogP contribution in [0.25, 0.3) is 0 Å². The molecule has 0 amide bonds. The molecule has 0 aromatic carbocycles. The van der Waals surface area contributed by atoms with Crippen molar-refractivity contribution in [3.05, 3.63) is 12.2 Å². The van der Waals surface area contributed by atoms with E-state index in [1.165, 1.54) is 0 Å². The highest BCUT2D eigenvalue weighted by Gasteiger charge is 2.23. The van der Waals surface area contributed by atoms with Crippen LogP contribution in [0.5, 0.6) is 0 Å². The molecule has 0 fully saturated rings. The topological polar surface area (TPSA) is 94.8 Å².